The molecule has 0 aliphatic heterocycles. The standard InChI is InChI=1S/C23H27N3O2S/c1-14(2)17(5)24-21(27)13-29-23-25-19-9-7-6-8-18(19)22(28)26(23)20-11-10-15(3)12-16(20)4/h6-12,14,17H,13H2,1-5H3,(H,24,27)/t17-/m1/s1. The third kappa shape index (κ3) is 4.70. The average molecular weight is 410 g/mol. The van der Waals surface area contributed by atoms with E-state index in [9.17, 15) is 9.59 Å². The summed E-state index contributed by atoms with van der Waals surface area (Å²) in [5.41, 5.74) is 3.42. The quantitative estimate of drug-likeness (QED) is 0.488. The Hall–Kier alpha value is -2.60. The molecule has 0 spiro atoms. The van der Waals surface area contributed by atoms with E-state index in [4.69, 9.17) is 4.98 Å². The van der Waals surface area contributed by atoms with Gasteiger partial charge in [-0.15, -0.1) is 0 Å². The molecular formula is C23H27N3O2S. The number of benzene rings is 2. The van der Waals surface area contributed by atoms with Gasteiger partial charge in [0.1, 0.15) is 0 Å². The Bertz CT molecular complexity index is 1100. The molecule has 3 aromatic rings. The first kappa shape index (κ1) is 21.1. The van der Waals surface area contributed by atoms with Crippen LogP contribution in [0, 0.1) is 19.8 Å². The number of para-hydroxylation sites is 1. The lowest BCUT2D eigenvalue weighted by Crippen LogP contribution is -2.37. The van der Waals surface area contributed by atoms with Crippen LogP contribution in [0.2, 0.25) is 0 Å². The highest BCUT2D eigenvalue weighted by Gasteiger charge is 2.17. The Balaban J connectivity index is 2.03. The monoisotopic (exact) mass is 409 g/mol. The summed E-state index contributed by atoms with van der Waals surface area (Å²) < 4.78 is 1.63. The van der Waals surface area contributed by atoms with Gasteiger partial charge in [-0.2, -0.15) is 0 Å². The number of aryl methyl sites for hydroxylation is 2. The number of hydrogen-bond acceptors (Lipinski definition) is 4. The second-order valence-electron chi connectivity index (χ2n) is 7.73. The van der Waals surface area contributed by atoms with Crippen LogP contribution < -0.4 is 10.9 Å². The molecule has 0 saturated carbocycles. The molecule has 0 saturated heterocycles. The highest BCUT2D eigenvalue weighted by atomic mass is 32.2. The zero-order valence-corrected chi connectivity index (χ0v) is 18.3. The van der Waals surface area contributed by atoms with Crippen molar-refractivity contribution in [2.24, 2.45) is 5.92 Å². The first-order valence-corrected chi connectivity index (χ1v) is 10.8. The summed E-state index contributed by atoms with van der Waals surface area (Å²) >= 11 is 1.29. The van der Waals surface area contributed by atoms with Gasteiger partial charge in [-0.3, -0.25) is 14.2 Å². The van der Waals surface area contributed by atoms with Gasteiger partial charge >= 0.3 is 0 Å². The van der Waals surface area contributed by atoms with Gasteiger partial charge in [0.2, 0.25) is 5.91 Å². The van der Waals surface area contributed by atoms with E-state index < -0.39 is 0 Å². The summed E-state index contributed by atoms with van der Waals surface area (Å²) in [6.07, 6.45) is 0. The molecule has 0 fully saturated rings. The number of amides is 1. The second-order valence-corrected chi connectivity index (χ2v) is 8.67. The van der Waals surface area contributed by atoms with Gasteiger partial charge in [-0.05, 0) is 50.5 Å². The molecule has 0 radical (unpaired) electrons. The van der Waals surface area contributed by atoms with E-state index >= 15 is 0 Å². The number of hydrogen-bond donors (Lipinski definition) is 1. The molecule has 6 heteroatoms. The molecule has 0 bridgehead atoms. The van der Waals surface area contributed by atoms with Gasteiger partial charge in [0.15, 0.2) is 5.16 Å². The SMILES string of the molecule is Cc1ccc(-n2c(SCC(=O)N[C@H](C)C(C)C)nc3ccccc3c2=O)c(C)c1. The smallest absolute Gasteiger partial charge is 0.266 e. The fourth-order valence-corrected chi connectivity index (χ4v) is 3.89. The topological polar surface area (TPSA) is 64.0 Å². The zero-order valence-electron chi connectivity index (χ0n) is 17.5. The fraction of sp³-hybridized carbons (Fsp3) is 0.348. The van der Waals surface area contributed by atoms with Crippen molar-refractivity contribution < 1.29 is 4.79 Å². The molecule has 0 aliphatic carbocycles. The van der Waals surface area contributed by atoms with Gasteiger partial charge in [0.25, 0.3) is 5.56 Å². The minimum absolute atomic E-state index is 0.0641. The first-order chi connectivity index (χ1) is 13.8. The summed E-state index contributed by atoms with van der Waals surface area (Å²) in [5, 5.41) is 4.09. The maximum Gasteiger partial charge on any atom is 0.266 e. The minimum atomic E-state index is -0.124. The van der Waals surface area contributed by atoms with Crippen molar-refractivity contribution in [3.63, 3.8) is 0 Å². The molecule has 1 heterocycles. The maximum absolute atomic E-state index is 13.3. The molecule has 0 unspecified atom stereocenters. The molecule has 152 valence electrons. The number of fused-ring (bicyclic) bond motifs is 1. The van der Waals surface area contributed by atoms with E-state index in [1.807, 2.05) is 57.2 Å². The molecule has 1 aromatic heterocycles. The van der Waals surface area contributed by atoms with Crippen molar-refractivity contribution in [1.82, 2.24) is 14.9 Å². The molecular weight excluding hydrogens is 382 g/mol. The number of thioether (sulfide) groups is 1. The van der Waals surface area contributed by atoms with Crippen molar-refractivity contribution in [3.05, 3.63) is 63.9 Å². The Morgan fingerprint density at radius 2 is 1.86 bits per heavy atom. The number of carbonyl (C=O) groups is 1. The number of carbonyl (C=O) groups excluding carboxylic acids is 1. The normalized spacial score (nSPS) is 12.3. The van der Waals surface area contributed by atoms with Gasteiger partial charge in [-0.1, -0.05) is 55.4 Å². The van der Waals surface area contributed by atoms with Crippen molar-refractivity contribution >= 4 is 28.6 Å². The van der Waals surface area contributed by atoms with Crippen molar-refractivity contribution in [2.45, 2.75) is 45.8 Å². The van der Waals surface area contributed by atoms with Crippen LogP contribution in [0.15, 0.2) is 52.4 Å². The lowest BCUT2D eigenvalue weighted by atomic mass is 10.1. The molecule has 5 nitrogen and oxygen atoms in total. The molecule has 1 atom stereocenters. The van der Waals surface area contributed by atoms with E-state index in [1.54, 1.807) is 10.6 Å². The average Bonchev–Trinajstić information content (AvgIpc) is 2.67. The van der Waals surface area contributed by atoms with Crippen LogP contribution in [0.5, 0.6) is 0 Å². The number of aromatic nitrogens is 2. The van der Waals surface area contributed by atoms with Gasteiger partial charge < -0.3 is 5.32 Å². The van der Waals surface area contributed by atoms with E-state index in [0.717, 1.165) is 16.8 Å². The first-order valence-electron chi connectivity index (χ1n) is 9.79. The molecule has 0 aliphatic rings. The molecule has 29 heavy (non-hydrogen) atoms. The summed E-state index contributed by atoms with van der Waals surface area (Å²) in [5.74, 6) is 0.495. The Morgan fingerprint density at radius 3 is 2.55 bits per heavy atom. The van der Waals surface area contributed by atoms with Gasteiger partial charge in [-0.25, -0.2) is 4.98 Å². The largest absolute Gasteiger partial charge is 0.353 e. The van der Waals surface area contributed by atoms with Crippen molar-refractivity contribution in [2.75, 3.05) is 5.75 Å². The predicted octanol–water partition coefficient (Wildman–Crippen LogP) is 4.26. The Kier molecular flexibility index (Phi) is 6.42. The number of rotatable bonds is 6. The number of nitrogens with zero attached hydrogens (tertiary/aromatic N) is 2. The zero-order chi connectivity index (χ0) is 21.1. The summed E-state index contributed by atoms with van der Waals surface area (Å²) in [7, 11) is 0. The third-order valence-electron chi connectivity index (χ3n) is 5.06. The van der Waals surface area contributed by atoms with Crippen molar-refractivity contribution in [1.29, 1.82) is 0 Å². The van der Waals surface area contributed by atoms with E-state index in [1.165, 1.54) is 11.8 Å². The van der Waals surface area contributed by atoms with Crippen LogP contribution in [0.1, 0.15) is 31.9 Å². The fourth-order valence-electron chi connectivity index (χ4n) is 3.07. The van der Waals surface area contributed by atoms with E-state index in [-0.39, 0.29) is 23.3 Å². The van der Waals surface area contributed by atoms with Crippen LogP contribution in [0.25, 0.3) is 16.6 Å². The lowest BCUT2D eigenvalue weighted by molar-refractivity contribution is -0.119. The van der Waals surface area contributed by atoms with Crippen LogP contribution in [0.4, 0.5) is 0 Å². The Labute approximate surface area is 175 Å². The maximum atomic E-state index is 13.3. The second kappa shape index (κ2) is 8.82. The van der Waals surface area contributed by atoms with Gasteiger partial charge in [0.05, 0.1) is 22.3 Å². The molecule has 1 N–H and O–H groups in total. The lowest BCUT2D eigenvalue weighted by Gasteiger charge is -2.18. The highest BCUT2D eigenvalue weighted by Crippen LogP contribution is 2.23. The predicted molar refractivity (Wildman–Crippen MR) is 120 cm³/mol. The molecule has 2 aromatic carbocycles. The minimum Gasteiger partial charge on any atom is -0.353 e. The van der Waals surface area contributed by atoms with E-state index in [2.05, 4.69) is 19.2 Å². The highest BCUT2D eigenvalue weighted by molar-refractivity contribution is 7.99. The van der Waals surface area contributed by atoms with Crippen molar-refractivity contribution in [3.8, 4) is 5.69 Å². The van der Waals surface area contributed by atoms with Crippen LogP contribution in [0.3, 0.4) is 0 Å². The van der Waals surface area contributed by atoms with Gasteiger partial charge in [0, 0.05) is 6.04 Å². The van der Waals surface area contributed by atoms with E-state index in [0.29, 0.717) is 22.0 Å². The summed E-state index contributed by atoms with van der Waals surface area (Å²) in [4.78, 5) is 30.4. The third-order valence-corrected chi connectivity index (χ3v) is 6.00. The summed E-state index contributed by atoms with van der Waals surface area (Å²) in [6.45, 7) is 10.1. The molecule has 3 rings (SSSR count). The summed E-state index contributed by atoms with van der Waals surface area (Å²) in [6, 6.07) is 13.4. The Morgan fingerprint density at radius 1 is 1.14 bits per heavy atom. The number of nitrogens with one attached hydrogen (secondary N) is 1. The van der Waals surface area contributed by atoms with Crippen LogP contribution in [-0.2, 0) is 4.79 Å². The molecule has 1 amide bonds. The van der Waals surface area contributed by atoms with Crippen LogP contribution >= 0.6 is 11.8 Å². The van der Waals surface area contributed by atoms with Crippen LogP contribution in [-0.4, -0.2) is 27.3 Å².